The molecule has 3 heterocycles. The van der Waals surface area contributed by atoms with Gasteiger partial charge in [0.2, 0.25) is 5.95 Å². The number of hydrogen-bond acceptors (Lipinski definition) is 7. The standard InChI is InChI=1S/C17H23F2N9/c1-6-20-14-11(17(4,18)19)10-21-15(25-14)24-13-9-12(26-27(13)5)16(2,3)28-22-7-8-23-28/h7-10H,6H2,1-5H3,(H2,20,21,24,25)/i5D3. The maximum Gasteiger partial charge on any atom is 0.275 e. The van der Waals surface area contributed by atoms with Gasteiger partial charge in [-0.05, 0) is 20.8 Å². The first-order chi connectivity index (χ1) is 14.3. The fourth-order valence-electron chi connectivity index (χ4n) is 2.56. The summed E-state index contributed by atoms with van der Waals surface area (Å²) in [4.78, 5) is 9.44. The molecular weight excluding hydrogens is 368 g/mol. The predicted octanol–water partition coefficient (Wildman–Crippen LogP) is 2.87. The number of aromatic nitrogens is 7. The molecule has 9 nitrogen and oxygen atoms in total. The highest BCUT2D eigenvalue weighted by molar-refractivity contribution is 5.55. The molecule has 0 fully saturated rings. The van der Waals surface area contributed by atoms with Crippen molar-refractivity contribution < 1.29 is 12.9 Å². The summed E-state index contributed by atoms with van der Waals surface area (Å²) in [6, 6.07) is 1.51. The van der Waals surface area contributed by atoms with Crippen molar-refractivity contribution in [3.8, 4) is 0 Å². The molecule has 3 rings (SSSR count). The highest BCUT2D eigenvalue weighted by Gasteiger charge is 2.30. The molecule has 0 aliphatic rings. The van der Waals surface area contributed by atoms with Crippen LogP contribution in [0.4, 0.5) is 26.4 Å². The first-order valence-electron chi connectivity index (χ1n) is 10.1. The molecule has 2 N–H and O–H groups in total. The van der Waals surface area contributed by atoms with Crippen LogP contribution in [-0.4, -0.2) is 41.3 Å². The van der Waals surface area contributed by atoms with Gasteiger partial charge in [0.1, 0.15) is 17.2 Å². The molecule has 0 amide bonds. The number of hydrogen-bond donors (Lipinski definition) is 2. The zero-order chi connectivity index (χ0) is 23.0. The summed E-state index contributed by atoms with van der Waals surface area (Å²) in [6.07, 6.45) is 4.01. The van der Waals surface area contributed by atoms with E-state index in [1.807, 2.05) is 0 Å². The quantitative estimate of drug-likeness (QED) is 0.636. The largest absolute Gasteiger partial charge is 0.370 e. The van der Waals surface area contributed by atoms with E-state index in [4.69, 9.17) is 4.11 Å². The fourth-order valence-corrected chi connectivity index (χ4v) is 2.56. The molecule has 0 radical (unpaired) electrons. The molecule has 0 saturated heterocycles. The monoisotopic (exact) mass is 394 g/mol. The lowest BCUT2D eigenvalue weighted by Gasteiger charge is -2.20. The van der Waals surface area contributed by atoms with Gasteiger partial charge in [0.25, 0.3) is 5.92 Å². The summed E-state index contributed by atoms with van der Waals surface area (Å²) in [6.45, 7) is 3.80. The second-order valence-corrected chi connectivity index (χ2v) is 6.70. The fraction of sp³-hybridized carbons (Fsp3) is 0.471. The van der Waals surface area contributed by atoms with Crippen LogP contribution >= 0.6 is 0 Å². The van der Waals surface area contributed by atoms with Crippen molar-refractivity contribution in [2.75, 3.05) is 17.2 Å². The number of nitrogens with one attached hydrogen (secondary N) is 2. The number of aryl methyl sites for hydroxylation is 1. The Morgan fingerprint density at radius 1 is 1.21 bits per heavy atom. The number of anilines is 3. The number of halogens is 2. The Hall–Kier alpha value is -3.11. The lowest BCUT2D eigenvalue weighted by molar-refractivity contribution is 0.0176. The molecule has 150 valence electrons. The van der Waals surface area contributed by atoms with Gasteiger partial charge in [0.05, 0.1) is 23.7 Å². The van der Waals surface area contributed by atoms with Crippen LogP contribution in [-0.2, 0) is 18.4 Å². The van der Waals surface area contributed by atoms with Gasteiger partial charge < -0.3 is 10.6 Å². The minimum atomic E-state index is -3.15. The molecule has 0 aliphatic carbocycles. The maximum atomic E-state index is 13.8. The van der Waals surface area contributed by atoms with E-state index in [9.17, 15) is 8.78 Å². The highest BCUT2D eigenvalue weighted by atomic mass is 19.3. The van der Waals surface area contributed by atoms with Gasteiger partial charge in [-0.2, -0.15) is 25.1 Å². The van der Waals surface area contributed by atoms with Crippen LogP contribution in [0.1, 0.15) is 43.1 Å². The third-order valence-electron chi connectivity index (χ3n) is 4.10. The van der Waals surface area contributed by atoms with Crippen molar-refractivity contribution >= 4 is 17.6 Å². The molecule has 3 aromatic heterocycles. The van der Waals surface area contributed by atoms with E-state index in [0.717, 1.165) is 17.8 Å². The van der Waals surface area contributed by atoms with Gasteiger partial charge >= 0.3 is 0 Å². The van der Waals surface area contributed by atoms with E-state index in [0.29, 0.717) is 12.2 Å². The van der Waals surface area contributed by atoms with E-state index in [1.165, 1.54) is 23.3 Å². The van der Waals surface area contributed by atoms with E-state index in [-0.39, 0.29) is 23.1 Å². The minimum absolute atomic E-state index is 0.0475. The van der Waals surface area contributed by atoms with Crippen molar-refractivity contribution in [2.24, 2.45) is 6.98 Å². The summed E-state index contributed by atoms with van der Waals surface area (Å²) >= 11 is 0. The Morgan fingerprint density at radius 3 is 2.54 bits per heavy atom. The molecule has 0 aromatic carbocycles. The van der Waals surface area contributed by atoms with Gasteiger partial charge in [-0.3, -0.25) is 4.68 Å². The number of rotatable bonds is 7. The number of nitrogens with zero attached hydrogens (tertiary/aromatic N) is 7. The lowest BCUT2D eigenvalue weighted by Crippen LogP contribution is -2.30. The summed E-state index contributed by atoms with van der Waals surface area (Å²) in [5, 5.41) is 18.0. The first kappa shape index (κ1) is 15.9. The van der Waals surface area contributed by atoms with Gasteiger partial charge in [0, 0.05) is 36.8 Å². The van der Waals surface area contributed by atoms with Gasteiger partial charge in [-0.1, -0.05) is 0 Å². The summed E-state index contributed by atoms with van der Waals surface area (Å²) in [5.41, 5.74) is -0.859. The van der Waals surface area contributed by atoms with Gasteiger partial charge in [-0.25, -0.2) is 13.8 Å². The average molecular weight is 394 g/mol. The van der Waals surface area contributed by atoms with Crippen LogP contribution in [0, 0.1) is 0 Å². The van der Waals surface area contributed by atoms with Crippen molar-refractivity contribution in [1.82, 2.24) is 34.7 Å². The maximum absolute atomic E-state index is 13.8. The van der Waals surface area contributed by atoms with E-state index in [2.05, 4.69) is 35.9 Å². The average Bonchev–Trinajstić information content (AvgIpc) is 3.31. The number of alkyl halides is 2. The molecule has 28 heavy (non-hydrogen) atoms. The highest BCUT2D eigenvalue weighted by Crippen LogP contribution is 2.32. The van der Waals surface area contributed by atoms with Crippen molar-refractivity contribution in [3.63, 3.8) is 0 Å². The third-order valence-corrected chi connectivity index (χ3v) is 4.10. The molecule has 0 bridgehead atoms. The molecule has 0 atom stereocenters. The molecule has 0 unspecified atom stereocenters. The second kappa shape index (κ2) is 7.13. The van der Waals surface area contributed by atoms with E-state index in [1.54, 1.807) is 20.8 Å². The normalized spacial score (nSPS) is 14.3. The first-order valence-corrected chi connectivity index (χ1v) is 8.58. The Bertz CT molecular complexity index is 1040. The summed E-state index contributed by atoms with van der Waals surface area (Å²) in [7, 11) is 0. The van der Waals surface area contributed by atoms with Crippen LogP contribution in [0.2, 0.25) is 0 Å². The molecule has 0 aliphatic heterocycles. The second-order valence-electron chi connectivity index (χ2n) is 6.70. The molecule has 11 heteroatoms. The van der Waals surface area contributed by atoms with Crippen LogP contribution in [0.3, 0.4) is 0 Å². The van der Waals surface area contributed by atoms with Crippen molar-refractivity contribution in [3.05, 3.63) is 35.9 Å². The van der Waals surface area contributed by atoms with Crippen molar-refractivity contribution in [1.29, 1.82) is 0 Å². The Morgan fingerprint density at radius 2 is 1.93 bits per heavy atom. The molecule has 0 spiro atoms. The van der Waals surface area contributed by atoms with Gasteiger partial charge in [0.15, 0.2) is 0 Å². The van der Waals surface area contributed by atoms with Crippen LogP contribution in [0.5, 0.6) is 0 Å². The third kappa shape index (κ3) is 3.78. The molecular formula is C17H23F2N9. The van der Waals surface area contributed by atoms with E-state index < -0.39 is 18.4 Å². The minimum Gasteiger partial charge on any atom is -0.370 e. The molecule has 0 saturated carbocycles. The van der Waals surface area contributed by atoms with E-state index >= 15 is 0 Å². The summed E-state index contributed by atoms with van der Waals surface area (Å²) < 4.78 is 51.9. The SMILES string of the molecule is [2H]C([2H])([2H])n1nc(C(C)(C)n2nccn2)cc1Nc1ncc(C(C)(F)F)c(NCC)n1. The van der Waals surface area contributed by atoms with Gasteiger partial charge in [-0.15, -0.1) is 0 Å². The lowest BCUT2D eigenvalue weighted by atomic mass is 10.0. The smallest absolute Gasteiger partial charge is 0.275 e. The van der Waals surface area contributed by atoms with Crippen LogP contribution < -0.4 is 10.6 Å². The Kier molecular flexibility index (Phi) is 4.05. The Balaban J connectivity index is 2.03. The Labute approximate surface area is 165 Å². The van der Waals surface area contributed by atoms with Crippen LogP contribution in [0.25, 0.3) is 0 Å². The topological polar surface area (TPSA) is 98.4 Å². The zero-order valence-corrected chi connectivity index (χ0v) is 15.9. The van der Waals surface area contributed by atoms with Crippen molar-refractivity contribution in [2.45, 2.75) is 39.2 Å². The molecule has 3 aromatic rings. The van der Waals surface area contributed by atoms with Crippen LogP contribution in [0.15, 0.2) is 24.7 Å². The zero-order valence-electron chi connectivity index (χ0n) is 18.9. The summed E-state index contributed by atoms with van der Waals surface area (Å²) in [5.74, 6) is -3.19. The predicted molar refractivity (Wildman–Crippen MR) is 101 cm³/mol.